The molecule has 0 bridgehead atoms. The van der Waals surface area contributed by atoms with Crippen LogP contribution in [0.1, 0.15) is 50.1 Å². The molecule has 5 heteroatoms. The molecule has 0 saturated heterocycles. The molecule has 0 radical (unpaired) electrons. The molecule has 2 spiro atoms. The highest BCUT2D eigenvalue weighted by atomic mass is 31.2. The van der Waals surface area contributed by atoms with Gasteiger partial charge in [0.15, 0.2) is 7.14 Å². The largest absolute Gasteiger partial charge is 0.310 e. The van der Waals surface area contributed by atoms with Crippen LogP contribution in [0.25, 0.3) is 66.8 Å². The average Bonchev–Trinajstić information content (AvgIpc) is 1.42. The lowest BCUT2D eigenvalue weighted by Gasteiger charge is -2.46. The zero-order chi connectivity index (χ0) is 65.1. The monoisotopic (exact) mass is 1270 g/mol. The lowest BCUT2D eigenvalue weighted by molar-refractivity contribution is 0.592. The van der Waals surface area contributed by atoms with E-state index in [1.54, 1.807) is 0 Å². The Balaban J connectivity index is 0.830. The summed E-state index contributed by atoms with van der Waals surface area (Å²) in [5, 5.41) is 12.0. The van der Waals surface area contributed by atoms with Crippen LogP contribution in [0.4, 0.5) is 34.1 Å². The van der Waals surface area contributed by atoms with Crippen LogP contribution in [-0.2, 0) is 15.4 Å². The van der Waals surface area contributed by atoms with Crippen LogP contribution in [0.15, 0.2) is 364 Å². The van der Waals surface area contributed by atoms with E-state index < -0.39 is 18.0 Å². The van der Waals surface area contributed by atoms with Crippen LogP contribution in [-0.4, -0.2) is 0 Å². The Morgan fingerprint density at radius 3 is 1.01 bits per heavy atom. The number of para-hydroxylation sites is 4. The highest BCUT2D eigenvalue weighted by Crippen LogP contribution is 2.67. The Kier molecular flexibility index (Phi) is 13.0. The maximum absolute atomic E-state index is 15.8. The van der Waals surface area contributed by atoms with Gasteiger partial charge in [-0.1, -0.05) is 291 Å². The third-order valence-corrected chi connectivity index (χ3v) is 24.3. The predicted molar refractivity (Wildman–Crippen MR) is 403 cm³/mol. The quantitative estimate of drug-likeness (QED) is 0.135. The summed E-state index contributed by atoms with van der Waals surface area (Å²) in [6.07, 6.45) is 0. The van der Waals surface area contributed by atoms with Crippen LogP contribution >= 0.6 is 7.14 Å². The first kappa shape index (κ1) is 57.1. The predicted octanol–water partition coefficient (Wildman–Crippen LogP) is 22.2. The fourth-order valence-electron chi connectivity index (χ4n) is 17.1. The Labute approximate surface area is 571 Å². The zero-order valence-corrected chi connectivity index (χ0v) is 54.2. The fourth-order valence-corrected chi connectivity index (χ4v) is 19.8. The van der Waals surface area contributed by atoms with Crippen LogP contribution in [0, 0.1) is 11.3 Å². The van der Waals surface area contributed by atoms with Crippen LogP contribution in [0.2, 0.25) is 0 Å². The van der Waals surface area contributed by atoms with E-state index in [0.29, 0.717) is 5.56 Å². The van der Waals surface area contributed by atoms with E-state index in [-0.39, 0.29) is 0 Å². The summed E-state index contributed by atoms with van der Waals surface area (Å²) in [7, 11) is -3.23. The van der Waals surface area contributed by atoms with Crippen LogP contribution in [0.5, 0.6) is 0 Å². The fraction of sp³-hybridized carbons (Fsp3) is 0.0215. The maximum atomic E-state index is 15.8. The standard InChI is InChI=1S/C93H60N3OP/c94-61-62-43-45-63(46-44-62)64-47-49-65(50-48-64)74-33-21-39-82-90(74)76-31-13-15-35-78(76)92(82)80-37-17-19-41-86(80)95(69-23-5-1-6-24-69)88-57-53-67(59-84(88)92)68-54-58-89-85(60-68)93(81-38-18-20-42-87(81)96(89)70-25-7-2-8-26-70)79-36-16-14-32-77(79)91-75(34-22-40-83(91)93)66-51-55-73(56-52-66)98(97,71-27-9-3-10-28-71)72-29-11-4-12-30-72/h1-60H. The number of hydrogen-bond acceptors (Lipinski definition) is 4. The van der Waals surface area contributed by atoms with Gasteiger partial charge in [-0.3, -0.25) is 0 Å². The average molecular weight is 1270 g/mol. The van der Waals surface area contributed by atoms with Gasteiger partial charge >= 0.3 is 0 Å². The van der Waals surface area contributed by atoms with Crippen molar-refractivity contribution in [1.29, 1.82) is 5.26 Å². The second-order valence-corrected chi connectivity index (χ2v) is 28.7. The van der Waals surface area contributed by atoms with Gasteiger partial charge in [0.25, 0.3) is 0 Å². The van der Waals surface area contributed by atoms with Gasteiger partial charge in [0.05, 0.1) is 45.2 Å². The minimum Gasteiger partial charge on any atom is -0.310 e. The maximum Gasteiger partial charge on any atom is 0.171 e. The molecule has 2 unspecified atom stereocenters. The summed E-state index contributed by atoms with van der Waals surface area (Å²) in [6, 6.07) is 134. The number of benzene rings is 15. The molecule has 4 aliphatic rings. The van der Waals surface area contributed by atoms with E-state index in [1.165, 1.54) is 72.3 Å². The third kappa shape index (κ3) is 8.21. The van der Waals surface area contributed by atoms with E-state index in [1.807, 2.05) is 84.9 Å². The number of fused-ring (bicyclic) bond motifs is 18. The van der Waals surface area contributed by atoms with E-state index in [2.05, 4.69) is 295 Å². The van der Waals surface area contributed by atoms with Crippen LogP contribution in [0.3, 0.4) is 0 Å². The molecule has 2 atom stereocenters. The first-order chi connectivity index (χ1) is 48.5. The smallest absolute Gasteiger partial charge is 0.171 e. The van der Waals surface area contributed by atoms with Crippen molar-refractivity contribution in [1.82, 2.24) is 0 Å². The molecular formula is C93H60N3OP. The minimum atomic E-state index is -3.23. The molecule has 2 aliphatic carbocycles. The third-order valence-electron chi connectivity index (χ3n) is 21.2. The lowest BCUT2D eigenvalue weighted by Crippen LogP contribution is -2.36. The number of nitriles is 1. The number of rotatable bonds is 9. The summed E-state index contributed by atoms with van der Waals surface area (Å²) in [6.45, 7) is 0. The van der Waals surface area contributed by atoms with Gasteiger partial charge in [-0.05, 0) is 184 Å². The Hall–Kier alpha value is -12.4. The number of anilines is 6. The summed E-state index contributed by atoms with van der Waals surface area (Å²) in [5.74, 6) is 0. The molecule has 15 aromatic carbocycles. The molecule has 458 valence electrons. The van der Waals surface area contributed by atoms with Crippen molar-refractivity contribution in [3.63, 3.8) is 0 Å². The van der Waals surface area contributed by atoms with Crippen molar-refractivity contribution in [2.75, 3.05) is 9.80 Å². The highest BCUT2D eigenvalue weighted by molar-refractivity contribution is 7.85. The van der Waals surface area contributed by atoms with Gasteiger partial charge in [0.2, 0.25) is 0 Å². The molecular weight excluding hydrogens is 1210 g/mol. The first-order valence-corrected chi connectivity index (χ1v) is 35.3. The van der Waals surface area contributed by atoms with Crippen LogP contribution < -0.4 is 25.7 Å². The van der Waals surface area contributed by atoms with Crippen molar-refractivity contribution >= 4 is 57.2 Å². The molecule has 0 aromatic heterocycles. The summed E-state index contributed by atoms with van der Waals surface area (Å²) >= 11 is 0. The number of nitrogens with zero attached hydrogens (tertiary/aromatic N) is 3. The summed E-state index contributed by atoms with van der Waals surface area (Å²) in [4.78, 5) is 4.95. The highest BCUT2D eigenvalue weighted by Gasteiger charge is 2.55. The Morgan fingerprint density at radius 2 is 0.571 bits per heavy atom. The Bertz CT molecular complexity index is 5740. The van der Waals surface area contributed by atoms with E-state index in [0.717, 1.165) is 89.0 Å². The number of hydrogen-bond donors (Lipinski definition) is 0. The second-order valence-electron chi connectivity index (χ2n) is 26.0. The molecule has 0 fully saturated rings. The molecule has 2 heterocycles. The van der Waals surface area contributed by atoms with Gasteiger partial charge in [-0.2, -0.15) is 5.26 Å². The van der Waals surface area contributed by atoms with Gasteiger partial charge in [-0.25, -0.2) is 0 Å². The van der Waals surface area contributed by atoms with Crippen molar-refractivity contribution in [2.45, 2.75) is 10.8 Å². The molecule has 0 amide bonds. The molecule has 98 heavy (non-hydrogen) atoms. The summed E-state index contributed by atoms with van der Waals surface area (Å²) < 4.78 is 15.8. The topological polar surface area (TPSA) is 47.3 Å². The molecule has 0 saturated carbocycles. The molecule has 0 N–H and O–H groups in total. The zero-order valence-electron chi connectivity index (χ0n) is 53.3. The minimum absolute atomic E-state index is 0.648. The van der Waals surface area contributed by atoms with Gasteiger partial charge in [0, 0.05) is 27.3 Å². The lowest BCUT2D eigenvalue weighted by atomic mass is 9.63. The Morgan fingerprint density at radius 1 is 0.255 bits per heavy atom. The summed E-state index contributed by atoms with van der Waals surface area (Å²) in [5.41, 5.74) is 29.3. The van der Waals surface area contributed by atoms with E-state index >= 15 is 4.57 Å². The first-order valence-electron chi connectivity index (χ1n) is 33.5. The van der Waals surface area contributed by atoms with Crippen molar-refractivity contribution in [3.05, 3.63) is 414 Å². The van der Waals surface area contributed by atoms with Crippen molar-refractivity contribution < 1.29 is 4.57 Å². The molecule has 15 aromatic rings. The normalized spacial score (nSPS) is 15.6. The van der Waals surface area contributed by atoms with Gasteiger partial charge in [0.1, 0.15) is 0 Å². The SMILES string of the molecule is N#Cc1ccc(-c2ccc(-c3cccc4c3-c3ccccc3C43c4ccccc4N(c4ccccc4)c4ccc(-c5ccc6c(c5)C5(c7ccccc7-c7c(-c8ccc(P(=O)(c9ccccc9)c9ccccc9)cc8)cccc75)c5ccccc5N6c5ccccc5)cc43)cc2)cc1. The van der Waals surface area contributed by atoms with E-state index in [4.69, 9.17) is 0 Å². The van der Waals surface area contributed by atoms with E-state index in [9.17, 15) is 5.26 Å². The van der Waals surface area contributed by atoms with Gasteiger partial charge < -0.3 is 14.4 Å². The second kappa shape index (κ2) is 22.4. The molecule has 19 rings (SSSR count). The van der Waals surface area contributed by atoms with Crippen molar-refractivity contribution in [3.8, 4) is 72.8 Å². The molecule has 4 nitrogen and oxygen atoms in total. The van der Waals surface area contributed by atoms with Crippen molar-refractivity contribution in [2.24, 2.45) is 0 Å². The molecule has 2 aliphatic heterocycles. The van der Waals surface area contributed by atoms with Gasteiger partial charge in [-0.15, -0.1) is 0 Å².